The summed E-state index contributed by atoms with van der Waals surface area (Å²) in [6.07, 6.45) is -13.9. The molecule has 0 aromatic rings. The molecule has 1 fully saturated rings. The highest BCUT2D eigenvalue weighted by atomic mass is 19.4. The summed E-state index contributed by atoms with van der Waals surface area (Å²) in [6, 6.07) is -6.76. The van der Waals surface area contributed by atoms with E-state index in [1.807, 2.05) is 6.92 Å². The minimum absolute atomic E-state index is 0.0495. The van der Waals surface area contributed by atoms with Crippen molar-refractivity contribution in [1.82, 2.24) is 37.2 Å². The van der Waals surface area contributed by atoms with E-state index in [4.69, 9.17) is 37.9 Å². The van der Waals surface area contributed by atoms with E-state index in [-0.39, 0.29) is 78.5 Å². The van der Waals surface area contributed by atoms with Gasteiger partial charge < -0.3 is 75.1 Å². The average molecular weight is 1480 g/mol. The third kappa shape index (κ3) is 26.0. The standard InChI is InChI=1S/C57H84F17N7O18/c1-10-11-12-13-14-16-21-76-45(88)37(80-49(91)50(58,59)51(60,61)52(62,63)53(64,65)54(66,67)55(68,69)56(70,71)57(72,73)74)18-15-17-20-75-39(87)19-23-92-25-27-94-28-26-93-24-22-77-46(89)41(81-47(90)40(30(2)3)78-32(5)82)31(4)96-48-42(79-33(6)83)44(98-36(9)86)43(97-35(8)85)38(99-48)29-95-34(7)84/h30-31,37-38,40-44,48H,10-29H2,1-9H3,(H,75,87)(H,76,88)(H,77,89)(H,78,82)(H,79,83)(H,80,91)(H,81,90)/t31-,37+,38-,40+,41+,42-,43+,44-,48+/m1/s1. The molecule has 574 valence electrons. The first-order chi connectivity index (χ1) is 45.5. The van der Waals surface area contributed by atoms with Crippen molar-refractivity contribution < 1.29 is 160 Å². The largest absolute Gasteiger partial charge is 0.463 e. The van der Waals surface area contributed by atoms with Gasteiger partial charge in [0, 0.05) is 60.7 Å². The van der Waals surface area contributed by atoms with Gasteiger partial charge in [0.25, 0.3) is 5.91 Å². The van der Waals surface area contributed by atoms with Crippen molar-refractivity contribution in [1.29, 1.82) is 0 Å². The normalized spacial score (nSPS) is 18.6. The zero-order valence-corrected chi connectivity index (χ0v) is 55.2. The highest BCUT2D eigenvalue weighted by Crippen LogP contribution is 2.64. The van der Waals surface area contributed by atoms with Crippen LogP contribution in [0, 0.1) is 5.92 Å². The van der Waals surface area contributed by atoms with Gasteiger partial charge in [0.1, 0.15) is 36.9 Å². The van der Waals surface area contributed by atoms with Crippen LogP contribution in [0.1, 0.15) is 127 Å². The Morgan fingerprint density at radius 2 is 0.960 bits per heavy atom. The van der Waals surface area contributed by atoms with Crippen LogP contribution in [-0.4, -0.2) is 228 Å². The van der Waals surface area contributed by atoms with Gasteiger partial charge in [0.05, 0.1) is 45.7 Å². The Morgan fingerprint density at radius 1 is 0.475 bits per heavy atom. The molecule has 1 heterocycles. The lowest BCUT2D eigenvalue weighted by molar-refractivity contribution is -0.459. The van der Waals surface area contributed by atoms with Crippen LogP contribution in [-0.2, 0) is 85.8 Å². The van der Waals surface area contributed by atoms with Gasteiger partial charge in [-0.15, -0.1) is 0 Å². The van der Waals surface area contributed by atoms with E-state index < -0.39 is 187 Å². The van der Waals surface area contributed by atoms with Crippen LogP contribution in [0.5, 0.6) is 0 Å². The Bertz CT molecular complexity index is 2650. The summed E-state index contributed by atoms with van der Waals surface area (Å²) in [6.45, 7) is 9.66. The van der Waals surface area contributed by atoms with Gasteiger partial charge in [0.15, 0.2) is 18.5 Å². The molecule has 0 radical (unpaired) electrons. The summed E-state index contributed by atoms with van der Waals surface area (Å²) in [4.78, 5) is 126. The minimum Gasteiger partial charge on any atom is -0.463 e. The predicted molar refractivity (Wildman–Crippen MR) is 305 cm³/mol. The molecule has 7 amide bonds. The fourth-order valence-corrected chi connectivity index (χ4v) is 9.01. The molecule has 0 aromatic heterocycles. The molecule has 1 aliphatic rings. The second-order valence-electron chi connectivity index (χ2n) is 22.8. The lowest BCUT2D eigenvalue weighted by Gasteiger charge is -2.46. The summed E-state index contributed by atoms with van der Waals surface area (Å²) >= 11 is 0. The molecule has 0 spiro atoms. The first kappa shape index (κ1) is 90.3. The van der Waals surface area contributed by atoms with E-state index in [1.165, 1.54) is 6.92 Å². The van der Waals surface area contributed by atoms with Crippen molar-refractivity contribution in [3.63, 3.8) is 0 Å². The quantitative estimate of drug-likeness (QED) is 0.0171. The number of esters is 3. The Balaban J connectivity index is 2.95. The molecule has 7 N–H and O–H groups in total. The average Bonchev–Trinajstić information content (AvgIpc) is 0.695. The van der Waals surface area contributed by atoms with Crippen molar-refractivity contribution in [2.75, 3.05) is 65.9 Å². The molecule has 1 saturated heterocycles. The summed E-state index contributed by atoms with van der Waals surface area (Å²) in [5.74, 6) is -71.6. The minimum atomic E-state index is -8.92. The maximum atomic E-state index is 14.9. The second-order valence-corrected chi connectivity index (χ2v) is 22.8. The van der Waals surface area contributed by atoms with E-state index >= 15 is 0 Å². The summed E-state index contributed by atoms with van der Waals surface area (Å²) in [5, 5.41) is 15.4. The van der Waals surface area contributed by atoms with Gasteiger partial charge >= 0.3 is 65.5 Å². The fraction of sp³-hybridized carbons (Fsp3) is 0.825. The van der Waals surface area contributed by atoms with Crippen molar-refractivity contribution in [2.45, 2.75) is 229 Å². The second kappa shape index (κ2) is 40.1. The zero-order chi connectivity index (χ0) is 76.3. The predicted octanol–water partition coefficient (Wildman–Crippen LogP) is 5.51. The molecule has 25 nitrogen and oxygen atoms in total. The van der Waals surface area contributed by atoms with Crippen molar-refractivity contribution in [3.8, 4) is 0 Å². The number of nitrogens with one attached hydrogen (secondary N) is 7. The molecular weight excluding hydrogens is 1390 g/mol. The molecule has 0 bridgehead atoms. The number of unbranched alkanes of at least 4 members (excludes halogenated alkanes) is 6. The maximum Gasteiger partial charge on any atom is 0.460 e. The zero-order valence-electron chi connectivity index (χ0n) is 55.2. The van der Waals surface area contributed by atoms with Gasteiger partial charge in [-0.1, -0.05) is 52.9 Å². The van der Waals surface area contributed by atoms with E-state index in [9.17, 15) is 123 Å². The Morgan fingerprint density at radius 3 is 1.47 bits per heavy atom. The topological polar surface area (TPSA) is 329 Å². The van der Waals surface area contributed by atoms with Gasteiger partial charge in [-0.2, -0.15) is 74.6 Å². The first-order valence-corrected chi connectivity index (χ1v) is 30.7. The van der Waals surface area contributed by atoms with Crippen molar-refractivity contribution in [3.05, 3.63) is 0 Å². The number of ether oxygens (including phenoxy) is 8. The number of amides is 7. The molecule has 1 rings (SSSR count). The lowest BCUT2D eigenvalue weighted by Crippen LogP contribution is -2.75. The van der Waals surface area contributed by atoms with Crippen LogP contribution >= 0.6 is 0 Å². The summed E-state index contributed by atoms with van der Waals surface area (Å²) in [7, 11) is 0. The fourth-order valence-electron chi connectivity index (χ4n) is 9.01. The van der Waals surface area contributed by atoms with Crippen LogP contribution < -0.4 is 37.2 Å². The molecule has 0 saturated carbocycles. The number of carbonyl (C=O) groups is 10. The lowest BCUT2D eigenvalue weighted by atomic mass is 9.88. The number of rotatable bonds is 46. The number of halogens is 17. The van der Waals surface area contributed by atoms with E-state index in [0.29, 0.717) is 12.8 Å². The van der Waals surface area contributed by atoms with E-state index in [0.717, 1.165) is 59.2 Å². The number of carbonyl (C=O) groups excluding carboxylic acids is 10. The molecule has 1 aliphatic heterocycles. The molecule has 0 aromatic carbocycles. The first-order valence-electron chi connectivity index (χ1n) is 30.7. The highest BCUT2D eigenvalue weighted by molar-refractivity contribution is 5.93. The Hall–Kier alpha value is -6.69. The molecule has 42 heteroatoms. The summed E-state index contributed by atoms with van der Waals surface area (Å²) < 4.78 is 280. The highest BCUT2D eigenvalue weighted by Gasteiger charge is 2.96. The smallest absolute Gasteiger partial charge is 0.460 e. The van der Waals surface area contributed by atoms with Crippen LogP contribution in [0.15, 0.2) is 0 Å². The number of hydrogen-bond donors (Lipinski definition) is 7. The molecule has 0 unspecified atom stereocenters. The van der Waals surface area contributed by atoms with Crippen LogP contribution in [0.2, 0.25) is 0 Å². The third-order valence-electron chi connectivity index (χ3n) is 14.2. The Labute approximate surface area is 556 Å². The van der Waals surface area contributed by atoms with Crippen LogP contribution in [0.25, 0.3) is 0 Å². The van der Waals surface area contributed by atoms with Crippen LogP contribution in [0.3, 0.4) is 0 Å². The van der Waals surface area contributed by atoms with Crippen LogP contribution in [0.4, 0.5) is 74.6 Å². The van der Waals surface area contributed by atoms with E-state index in [1.54, 1.807) is 13.8 Å². The van der Waals surface area contributed by atoms with Gasteiger partial charge in [-0.3, -0.25) is 47.9 Å². The maximum absolute atomic E-state index is 14.9. The van der Waals surface area contributed by atoms with Crippen molar-refractivity contribution in [2.24, 2.45) is 5.92 Å². The Kier molecular flexibility index (Phi) is 36.6. The SMILES string of the molecule is CCCCCCCCNC(=O)[C@H](CCCCNC(=O)CCOCCOCCOCCNC(=O)[C@@H](NC(=O)[C@@H](NC(C)=O)C(C)C)[C@@H](C)O[C@H]1O[C@H](COC(C)=O)[C@H](OC(C)=O)[C@H](OC(C)=O)[C@H]1NC(C)=O)NC(=O)C(F)(F)C(F)(F)C(F)(F)C(F)(F)C(F)(F)C(F)(F)C(F)(F)C(F)(F)F. The molecular formula is C57H84F17N7O18. The molecule has 99 heavy (non-hydrogen) atoms. The monoisotopic (exact) mass is 1480 g/mol. The number of alkyl halides is 17. The third-order valence-corrected chi connectivity index (χ3v) is 14.2. The summed E-state index contributed by atoms with van der Waals surface area (Å²) in [5.41, 5.74) is 0. The van der Waals surface area contributed by atoms with Gasteiger partial charge in [-0.25, -0.2) is 0 Å². The molecule has 9 atom stereocenters. The molecule has 0 aliphatic carbocycles. The van der Waals surface area contributed by atoms with Gasteiger partial charge in [-0.05, 0) is 38.5 Å². The van der Waals surface area contributed by atoms with Gasteiger partial charge in [0.2, 0.25) is 35.4 Å². The number of hydrogen-bond acceptors (Lipinski definition) is 18. The van der Waals surface area contributed by atoms with E-state index in [2.05, 4.69) is 31.9 Å². The van der Waals surface area contributed by atoms with Crippen molar-refractivity contribution >= 4 is 59.3 Å².